The van der Waals surface area contributed by atoms with Crippen molar-refractivity contribution in [1.82, 2.24) is 15.5 Å². The second kappa shape index (κ2) is 6.44. The standard InChI is InChI=1S/C18H17N3O2/c1-12-7-6-10-15(11-12)16-20-18(23-21-16)13(2)19-17(22)14-8-4-3-5-9-14/h3-11,13H,1-2H3,(H,19,22)/t13-/m1/s1. The number of benzene rings is 2. The highest BCUT2D eigenvalue weighted by Gasteiger charge is 2.18. The number of nitrogens with one attached hydrogen (secondary N) is 1. The van der Waals surface area contributed by atoms with Crippen LogP contribution in [0.2, 0.25) is 0 Å². The van der Waals surface area contributed by atoms with E-state index in [2.05, 4.69) is 15.5 Å². The Labute approximate surface area is 134 Å². The molecule has 3 rings (SSSR count). The van der Waals surface area contributed by atoms with Gasteiger partial charge in [0.25, 0.3) is 5.91 Å². The Bertz CT molecular complexity index is 812. The minimum atomic E-state index is -0.367. The molecule has 0 aliphatic heterocycles. The second-order valence-electron chi connectivity index (χ2n) is 5.39. The summed E-state index contributed by atoms with van der Waals surface area (Å²) in [5.41, 5.74) is 2.61. The van der Waals surface area contributed by atoms with Gasteiger partial charge in [0, 0.05) is 11.1 Å². The molecule has 1 atom stereocenters. The van der Waals surface area contributed by atoms with Crippen molar-refractivity contribution in [3.8, 4) is 11.4 Å². The number of aryl methyl sites for hydroxylation is 1. The summed E-state index contributed by atoms with van der Waals surface area (Å²) in [5.74, 6) is 0.726. The van der Waals surface area contributed by atoms with Gasteiger partial charge in [-0.15, -0.1) is 0 Å². The van der Waals surface area contributed by atoms with E-state index in [1.807, 2.05) is 56.3 Å². The molecule has 0 spiro atoms. The molecule has 0 unspecified atom stereocenters. The maximum Gasteiger partial charge on any atom is 0.251 e. The Kier molecular flexibility index (Phi) is 4.19. The van der Waals surface area contributed by atoms with Gasteiger partial charge in [0.1, 0.15) is 6.04 Å². The molecule has 0 bridgehead atoms. The van der Waals surface area contributed by atoms with Gasteiger partial charge in [-0.1, -0.05) is 47.1 Å². The monoisotopic (exact) mass is 307 g/mol. The molecule has 5 heteroatoms. The van der Waals surface area contributed by atoms with E-state index in [0.29, 0.717) is 17.3 Å². The average molecular weight is 307 g/mol. The Balaban J connectivity index is 1.74. The first-order valence-electron chi connectivity index (χ1n) is 7.40. The maximum atomic E-state index is 12.1. The van der Waals surface area contributed by atoms with E-state index < -0.39 is 0 Å². The van der Waals surface area contributed by atoms with Crippen molar-refractivity contribution in [3.63, 3.8) is 0 Å². The summed E-state index contributed by atoms with van der Waals surface area (Å²) < 4.78 is 5.28. The van der Waals surface area contributed by atoms with Crippen LogP contribution < -0.4 is 5.32 Å². The number of amides is 1. The molecule has 2 aromatic carbocycles. The zero-order chi connectivity index (χ0) is 16.2. The molecule has 1 amide bonds. The van der Waals surface area contributed by atoms with E-state index in [1.165, 1.54) is 0 Å². The molecule has 0 aliphatic carbocycles. The van der Waals surface area contributed by atoms with Crippen molar-refractivity contribution in [1.29, 1.82) is 0 Å². The van der Waals surface area contributed by atoms with Crippen molar-refractivity contribution < 1.29 is 9.32 Å². The lowest BCUT2D eigenvalue weighted by atomic mass is 10.1. The van der Waals surface area contributed by atoms with Crippen LogP contribution in [0.25, 0.3) is 11.4 Å². The van der Waals surface area contributed by atoms with Gasteiger partial charge in [0.2, 0.25) is 11.7 Å². The lowest BCUT2D eigenvalue weighted by molar-refractivity contribution is 0.0932. The minimum absolute atomic E-state index is 0.173. The van der Waals surface area contributed by atoms with Crippen LogP contribution in [0.1, 0.15) is 34.8 Å². The van der Waals surface area contributed by atoms with Crippen LogP contribution >= 0.6 is 0 Å². The molecule has 0 saturated heterocycles. The highest BCUT2D eigenvalue weighted by molar-refractivity contribution is 5.94. The van der Waals surface area contributed by atoms with Gasteiger partial charge < -0.3 is 9.84 Å². The van der Waals surface area contributed by atoms with Crippen molar-refractivity contribution in [2.45, 2.75) is 19.9 Å². The van der Waals surface area contributed by atoms with Crippen LogP contribution in [0, 0.1) is 6.92 Å². The van der Waals surface area contributed by atoms with Crippen LogP contribution in [0.3, 0.4) is 0 Å². The summed E-state index contributed by atoms with van der Waals surface area (Å²) in [7, 11) is 0. The third kappa shape index (κ3) is 3.45. The van der Waals surface area contributed by atoms with Crippen molar-refractivity contribution in [3.05, 3.63) is 71.6 Å². The number of carbonyl (C=O) groups is 1. The topological polar surface area (TPSA) is 68.0 Å². The van der Waals surface area contributed by atoms with E-state index in [4.69, 9.17) is 4.52 Å². The summed E-state index contributed by atoms with van der Waals surface area (Å²) in [4.78, 5) is 16.5. The zero-order valence-corrected chi connectivity index (χ0v) is 13.0. The molecule has 1 N–H and O–H groups in total. The zero-order valence-electron chi connectivity index (χ0n) is 13.0. The van der Waals surface area contributed by atoms with Gasteiger partial charge in [-0.25, -0.2) is 0 Å². The molecule has 23 heavy (non-hydrogen) atoms. The average Bonchev–Trinajstić information content (AvgIpc) is 3.06. The molecule has 0 saturated carbocycles. The maximum absolute atomic E-state index is 12.1. The molecule has 0 fully saturated rings. The number of hydrogen-bond donors (Lipinski definition) is 1. The van der Waals surface area contributed by atoms with Crippen LogP contribution in [-0.4, -0.2) is 16.0 Å². The fourth-order valence-corrected chi connectivity index (χ4v) is 2.24. The predicted octanol–water partition coefficient (Wildman–Crippen LogP) is 3.54. The van der Waals surface area contributed by atoms with Gasteiger partial charge in [0.15, 0.2) is 0 Å². The van der Waals surface area contributed by atoms with E-state index in [1.54, 1.807) is 12.1 Å². The van der Waals surface area contributed by atoms with Gasteiger partial charge in [0.05, 0.1) is 0 Å². The first kappa shape index (κ1) is 15.0. The van der Waals surface area contributed by atoms with Crippen LogP contribution in [0.5, 0.6) is 0 Å². The highest BCUT2D eigenvalue weighted by atomic mass is 16.5. The molecule has 0 aliphatic rings. The number of nitrogens with zero attached hydrogens (tertiary/aromatic N) is 2. The SMILES string of the molecule is Cc1cccc(-c2noc([C@@H](C)NC(=O)c3ccccc3)n2)c1. The number of rotatable bonds is 4. The number of aromatic nitrogens is 2. The van der Waals surface area contributed by atoms with Gasteiger partial charge in [-0.2, -0.15) is 4.98 Å². The number of hydrogen-bond acceptors (Lipinski definition) is 4. The van der Waals surface area contributed by atoms with E-state index in [0.717, 1.165) is 11.1 Å². The Hall–Kier alpha value is -2.95. The Morgan fingerprint density at radius 2 is 1.91 bits per heavy atom. The lowest BCUT2D eigenvalue weighted by Gasteiger charge is -2.09. The molecular formula is C18H17N3O2. The third-order valence-electron chi connectivity index (χ3n) is 3.47. The molecule has 0 radical (unpaired) electrons. The quantitative estimate of drug-likeness (QED) is 0.800. The molecule has 116 valence electrons. The minimum Gasteiger partial charge on any atom is -0.341 e. The predicted molar refractivity (Wildman–Crippen MR) is 86.8 cm³/mol. The summed E-state index contributed by atoms with van der Waals surface area (Å²) >= 11 is 0. The summed E-state index contributed by atoms with van der Waals surface area (Å²) in [5, 5.41) is 6.84. The Morgan fingerprint density at radius 1 is 1.13 bits per heavy atom. The second-order valence-corrected chi connectivity index (χ2v) is 5.39. The third-order valence-corrected chi connectivity index (χ3v) is 3.47. The molecule has 1 aromatic heterocycles. The first-order valence-corrected chi connectivity index (χ1v) is 7.40. The van der Waals surface area contributed by atoms with Crippen LogP contribution in [0.4, 0.5) is 0 Å². The normalized spacial score (nSPS) is 11.9. The van der Waals surface area contributed by atoms with E-state index in [9.17, 15) is 4.79 Å². The largest absolute Gasteiger partial charge is 0.341 e. The number of carbonyl (C=O) groups excluding carboxylic acids is 1. The first-order chi connectivity index (χ1) is 11.1. The molecule has 3 aromatic rings. The van der Waals surface area contributed by atoms with Crippen molar-refractivity contribution >= 4 is 5.91 Å². The van der Waals surface area contributed by atoms with E-state index in [-0.39, 0.29) is 11.9 Å². The molecular weight excluding hydrogens is 290 g/mol. The highest BCUT2D eigenvalue weighted by Crippen LogP contribution is 2.19. The molecule has 5 nitrogen and oxygen atoms in total. The summed E-state index contributed by atoms with van der Waals surface area (Å²) in [6, 6.07) is 16.5. The van der Waals surface area contributed by atoms with Crippen LogP contribution in [0.15, 0.2) is 59.1 Å². The Morgan fingerprint density at radius 3 is 2.65 bits per heavy atom. The van der Waals surface area contributed by atoms with E-state index >= 15 is 0 Å². The van der Waals surface area contributed by atoms with Crippen molar-refractivity contribution in [2.24, 2.45) is 0 Å². The summed E-state index contributed by atoms with van der Waals surface area (Å²) in [6.07, 6.45) is 0. The lowest BCUT2D eigenvalue weighted by Crippen LogP contribution is -2.26. The summed E-state index contributed by atoms with van der Waals surface area (Å²) in [6.45, 7) is 3.82. The smallest absolute Gasteiger partial charge is 0.251 e. The van der Waals surface area contributed by atoms with Gasteiger partial charge in [-0.05, 0) is 32.0 Å². The van der Waals surface area contributed by atoms with Crippen LogP contribution in [-0.2, 0) is 0 Å². The molecule has 1 heterocycles. The van der Waals surface area contributed by atoms with Gasteiger partial charge >= 0.3 is 0 Å². The van der Waals surface area contributed by atoms with Crippen molar-refractivity contribution in [2.75, 3.05) is 0 Å². The fraction of sp³-hybridized carbons (Fsp3) is 0.167. The fourth-order valence-electron chi connectivity index (χ4n) is 2.24. The van der Waals surface area contributed by atoms with Gasteiger partial charge in [-0.3, -0.25) is 4.79 Å².